The lowest BCUT2D eigenvalue weighted by Crippen LogP contribution is -2.61. The van der Waals surface area contributed by atoms with Gasteiger partial charge < -0.3 is 9.80 Å². The molecule has 1 aromatic rings. The van der Waals surface area contributed by atoms with Gasteiger partial charge in [0.25, 0.3) is 5.91 Å². The van der Waals surface area contributed by atoms with Gasteiger partial charge >= 0.3 is 0 Å². The van der Waals surface area contributed by atoms with Crippen LogP contribution < -0.4 is 0 Å². The fourth-order valence-corrected chi connectivity index (χ4v) is 4.54. The molecule has 3 aliphatic rings. The van der Waals surface area contributed by atoms with Crippen molar-refractivity contribution in [3.05, 3.63) is 35.9 Å². The molecule has 0 aliphatic carbocycles. The summed E-state index contributed by atoms with van der Waals surface area (Å²) in [5.74, 6) is 1.38. The minimum Gasteiger partial charge on any atom is -0.339 e. The quantitative estimate of drug-likeness (QED) is 0.797. The average Bonchev–Trinajstić information content (AvgIpc) is 2.56. The summed E-state index contributed by atoms with van der Waals surface area (Å²) in [6, 6.07) is 9.92. The Morgan fingerprint density at radius 2 is 1.91 bits per heavy atom. The minimum absolute atomic E-state index is 0.144. The number of hydrogen-bond acceptors (Lipinski definition) is 2. The van der Waals surface area contributed by atoms with Crippen LogP contribution >= 0.6 is 0 Å². The Morgan fingerprint density at radius 3 is 2.73 bits per heavy atom. The molecule has 1 aromatic carbocycles. The fourth-order valence-electron chi connectivity index (χ4n) is 4.54. The summed E-state index contributed by atoms with van der Waals surface area (Å²) in [6.45, 7) is 2.44. The highest BCUT2D eigenvalue weighted by atomic mass is 16.2. The third-order valence-electron chi connectivity index (χ3n) is 5.49. The van der Waals surface area contributed by atoms with Gasteiger partial charge in [-0.25, -0.2) is 0 Å². The van der Waals surface area contributed by atoms with Crippen molar-refractivity contribution in [2.24, 2.45) is 11.8 Å². The van der Waals surface area contributed by atoms with E-state index in [0.29, 0.717) is 30.2 Å². The van der Waals surface area contributed by atoms with Gasteiger partial charge in [0.05, 0.1) is 0 Å². The van der Waals surface area contributed by atoms with Gasteiger partial charge in [0.1, 0.15) is 0 Å². The van der Waals surface area contributed by atoms with Crippen LogP contribution in [-0.4, -0.2) is 47.3 Å². The summed E-state index contributed by atoms with van der Waals surface area (Å²) >= 11 is 0. The summed E-state index contributed by atoms with van der Waals surface area (Å²) in [5, 5.41) is 0. The Hall–Kier alpha value is -1.84. The number of carbonyl (C=O) groups excluding carboxylic acids is 2. The molecule has 2 amide bonds. The number of piperidine rings is 3. The van der Waals surface area contributed by atoms with Crippen LogP contribution in [0.15, 0.2) is 30.3 Å². The fraction of sp³-hybridized carbons (Fsp3) is 0.556. The highest BCUT2D eigenvalue weighted by Gasteiger charge is 2.44. The second kappa shape index (κ2) is 5.41. The molecule has 3 saturated heterocycles. The molecule has 3 aliphatic heterocycles. The van der Waals surface area contributed by atoms with Gasteiger partial charge in [0.15, 0.2) is 0 Å². The van der Waals surface area contributed by atoms with Gasteiger partial charge in [0, 0.05) is 37.7 Å². The number of amides is 2. The zero-order valence-corrected chi connectivity index (χ0v) is 12.8. The van der Waals surface area contributed by atoms with Crippen molar-refractivity contribution in [2.45, 2.75) is 31.7 Å². The Balaban J connectivity index is 1.53. The molecule has 22 heavy (non-hydrogen) atoms. The molecule has 3 atom stereocenters. The molecule has 4 heteroatoms. The molecule has 0 aromatic heterocycles. The first-order valence-electron chi connectivity index (χ1n) is 8.36. The highest BCUT2D eigenvalue weighted by molar-refractivity contribution is 5.94. The molecule has 4 nitrogen and oxygen atoms in total. The maximum Gasteiger partial charge on any atom is 0.253 e. The number of benzene rings is 1. The van der Waals surface area contributed by atoms with Crippen molar-refractivity contribution < 1.29 is 9.59 Å². The SMILES string of the molecule is O=C(c1ccccc1)N1CC2CC(C1)C1CCCC(=O)N1C2. The first-order chi connectivity index (χ1) is 10.7. The lowest BCUT2D eigenvalue weighted by Gasteiger charge is -2.52. The second-order valence-electron chi connectivity index (χ2n) is 6.94. The van der Waals surface area contributed by atoms with Gasteiger partial charge in [-0.05, 0) is 43.2 Å². The van der Waals surface area contributed by atoms with Crippen LogP contribution in [-0.2, 0) is 4.79 Å². The van der Waals surface area contributed by atoms with E-state index in [0.717, 1.165) is 38.0 Å². The van der Waals surface area contributed by atoms with Crippen molar-refractivity contribution in [3.8, 4) is 0 Å². The average molecular weight is 298 g/mol. The molecule has 3 heterocycles. The maximum absolute atomic E-state index is 12.7. The smallest absolute Gasteiger partial charge is 0.253 e. The van der Waals surface area contributed by atoms with E-state index in [1.165, 1.54) is 6.42 Å². The van der Waals surface area contributed by atoms with E-state index < -0.39 is 0 Å². The van der Waals surface area contributed by atoms with Gasteiger partial charge in [-0.3, -0.25) is 9.59 Å². The third-order valence-corrected chi connectivity index (χ3v) is 5.49. The van der Waals surface area contributed by atoms with Crippen LogP contribution in [0.5, 0.6) is 0 Å². The largest absolute Gasteiger partial charge is 0.339 e. The number of fused-ring (bicyclic) bond motifs is 4. The van der Waals surface area contributed by atoms with Crippen molar-refractivity contribution in [1.29, 1.82) is 0 Å². The normalized spacial score (nSPS) is 30.9. The molecule has 0 N–H and O–H groups in total. The summed E-state index contributed by atoms with van der Waals surface area (Å²) in [4.78, 5) is 29.0. The lowest BCUT2D eigenvalue weighted by atomic mass is 9.76. The number of hydrogen-bond donors (Lipinski definition) is 0. The maximum atomic E-state index is 12.7. The van der Waals surface area contributed by atoms with E-state index in [4.69, 9.17) is 0 Å². The molecule has 2 bridgehead atoms. The highest BCUT2D eigenvalue weighted by Crippen LogP contribution is 2.38. The summed E-state index contributed by atoms with van der Waals surface area (Å²) in [5.41, 5.74) is 0.777. The van der Waals surface area contributed by atoms with Gasteiger partial charge in [-0.1, -0.05) is 18.2 Å². The molecule has 116 valence electrons. The number of carbonyl (C=O) groups is 2. The zero-order chi connectivity index (χ0) is 15.1. The Kier molecular flexibility index (Phi) is 3.40. The van der Waals surface area contributed by atoms with E-state index in [9.17, 15) is 9.59 Å². The van der Waals surface area contributed by atoms with Crippen molar-refractivity contribution in [2.75, 3.05) is 19.6 Å². The van der Waals surface area contributed by atoms with E-state index >= 15 is 0 Å². The van der Waals surface area contributed by atoms with Gasteiger partial charge in [-0.2, -0.15) is 0 Å². The van der Waals surface area contributed by atoms with E-state index in [1.54, 1.807) is 0 Å². The lowest BCUT2D eigenvalue weighted by molar-refractivity contribution is -0.144. The predicted molar refractivity (Wildman–Crippen MR) is 83.3 cm³/mol. The predicted octanol–water partition coefficient (Wildman–Crippen LogP) is 2.16. The molecule has 3 fully saturated rings. The third kappa shape index (κ3) is 2.31. The Bertz CT molecular complexity index is 586. The molecule has 0 radical (unpaired) electrons. The van der Waals surface area contributed by atoms with Crippen molar-refractivity contribution in [3.63, 3.8) is 0 Å². The standard InChI is InChI=1S/C18H22N2O2/c21-17-8-4-7-16-15-9-13(11-20(16)17)10-19(12-15)18(22)14-5-2-1-3-6-14/h1-3,5-6,13,15-16H,4,7-12H2. The summed E-state index contributed by atoms with van der Waals surface area (Å²) in [6.07, 6.45) is 4.00. The Labute approximate surface area is 131 Å². The van der Waals surface area contributed by atoms with Crippen LogP contribution in [0.4, 0.5) is 0 Å². The Morgan fingerprint density at radius 1 is 1.09 bits per heavy atom. The molecule has 3 unspecified atom stereocenters. The molecular formula is C18H22N2O2. The molecule has 0 saturated carbocycles. The topological polar surface area (TPSA) is 40.6 Å². The van der Waals surface area contributed by atoms with E-state index in [-0.39, 0.29) is 5.91 Å². The summed E-state index contributed by atoms with van der Waals surface area (Å²) < 4.78 is 0. The second-order valence-corrected chi connectivity index (χ2v) is 6.94. The van der Waals surface area contributed by atoms with Crippen LogP contribution in [0, 0.1) is 11.8 Å². The van der Waals surface area contributed by atoms with Gasteiger partial charge in [0.2, 0.25) is 5.91 Å². The number of likely N-dealkylation sites (tertiary alicyclic amines) is 1. The van der Waals surface area contributed by atoms with Gasteiger partial charge in [-0.15, -0.1) is 0 Å². The van der Waals surface area contributed by atoms with Crippen LogP contribution in [0.2, 0.25) is 0 Å². The first kappa shape index (κ1) is 13.8. The monoisotopic (exact) mass is 298 g/mol. The number of nitrogens with zero attached hydrogens (tertiary/aromatic N) is 2. The van der Waals surface area contributed by atoms with E-state index in [1.807, 2.05) is 35.2 Å². The van der Waals surface area contributed by atoms with Crippen LogP contribution in [0.25, 0.3) is 0 Å². The molecule has 4 rings (SSSR count). The van der Waals surface area contributed by atoms with Crippen molar-refractivity contribution >= 4 is 11.8 Å². The molecular weight excluding hydrogens is 276 g/mol. The zero-order valence-electron chi connectivity index (χ0n) is 12.8. The minimum atomic E-state index is 0.144. The first-order valence-corrected chi connectivity index (χ1v) is 8.36. The van der Waals surface area contributed by atoms with Crippen LogP contribution in [0.1, 0.15) is 36.0 Å². The summed E-state index contributed by atoms with van der Waals surface area (Å²) in [7, 11) is 0. The van der Waals surface area contributed by atoms with E-state index in [2.05, 4.69) is 4.90 Å². The van der Waals surface area contributed by atoms with Crippen molar-refractivity contribution in [1.82, 2.24) is 9.80 Å². The number of rotatable bonds is 1. The van der Waals surface area contributed by atoms with Crippen LogP contribution in [0.3, 0.4) is 0 Å². The molecule has 0 spiro atoms.